The first-order valence-corrected chi connectivity index (χ1v) is 7.43. The molecule has 5 nitrogen and oxygen atoms in total. The standard InChI is InChI=1S/C14H30N2O3/c1-3-4-7-19-11-13(17)10-16-6-5-14(18-2)8-12(16)9-15/h12-14,17H,3-11,15H2,1-2H3. The number of rotatable bonds is 9. The summed E-state index contributed by atoms with van der Waals surface area (Å²) in [6.07, 6.45) is 4.02. The van der Waals surface area contributed by atoms with Crippen molar-refractivity contribution in [2.24, 2.45) is 5.73 Å². The van der Waals surface area contributed by atoms with E-state index in [2.05, 4.69) is 11.8 Å². The van der Waals surface area contributed by atoms with E-state index < -0.39 is 6.10 Å². The summed E-state index contributed by atoms with van der Waals surface area (Å²) < 4.78 is 10.9. The van der Waals surface area contributed by atoms with Gasteiger partial charge in [0.2, 0.25) is 0 Å². The van der Waals surface area contributed by atoms with Crippen molar-refractivity contribution >= 4 is 0 Å². The van der Waals surface area contributed by atoms with Crippen molar-refractivity contribution in [2.75, 3.05) is 40.0 Å². The normalized spacial score (nSPS) is 26.5. The molecule has 0 aromatic rings. The molecule has 3 N–H and O–H groups in total. The third-order valence-corrected chi connectivity index (χ3v) is 3.79. The molecule has 1 rings (SSSR count). The summed E-state index contributed by atoms with van der Waals surface area (Å²) in [6, 6.07) is 0.309. The molecule has 5 heteroatoms. The zero-order chi connectivity index (χ0) is 14.1. The van der Waals surface area contributed by atoms with Crippen LogP contribution < -0.4 is 5.73 Å². The van der Waals surface area contributed by atoms with Crippen molar-refractivity contribution < 1.29 is 14.6 Å². The summed E-state index contributed by atoms with van der Waals surface area (Å²) in [5.41, 5.74) is 5.82. The lowest BCUT2D eigenvalue weighted by Gasteiger charge is -2.39. The Bertz CT molecular complexity index is 229. The fourth-order valence-corrected chi connectivity index (χ4v) is 2.55. The molecule has 0 amide bonds. The largest absolute Gasteiger partial charge is 0.389 e. The van der Waals surface area contributed by atoms with Crippen LogP contribution in [-0.4, -0.2) is 68.2 Å². The second-order valence-corrected chi connectivity index (χ2v) is 5.35. The number of hydrogen-bond donors (Lipinski definition) is 2. The Morgan fingerprint density at radius 2 is 2.26 bits per heavy atom. The Hall–Kier alpha value is -0.200. The van der Waals surface area contributed by atoms with Crippen LogP contribution in [0.4, 0.5) is 0 Å². The Morgan fingerprint density at radius 1 is 1.47 bits per heavy atom. The number of aliphatic hydroxyl groups is 1. The van der Waals surface area contributed by atoms with Gasteiger partial charge in [-0.05, 0) is 19.3 Å². The van der Waals surface area contributed by atoms with Gasteiger partial charge in [-0.15, -0.1) is 0 Å². The minimum absolute atomic E-state index is 0.308. The van der Waals surface area contributed by atoms with E-state index in [4.69, 9.17) is 15.2 Å². The molecule has 1 heterocycles. The monoisotopic (exact) mass is 274 g/mol. The molecule has 3 atom stereocenters. The number of piperidine rings is 1. The minimum atomic E-state index is -0.426. The Morgan fingerprint density at radius 3 is 2.89 bits per heavy atom. The van der Waals surface area contributed by atoms with E-state index in [9.17, 15) is 5.11 Å². The van der Waals surface area contributed by atoms with E-state index in [1.54, 1.807) is 7.11 Å². The van der Waals surface area contributed by atoms with Crippen molar-refractivity contribution in [3.8, 4) is 0 Å². The molecule has 3 unspecified atom stereocenters. The van der Waals surface area contributed by atoms with E-state index in [1.165, 1.54) is 0 Å². The van der Waals surface area contributed by atoms with Crippen molar-refractivity contribution in [3.63, 3.8) is 0 Å². The van der Waals surface area contributed by atoms with Crippen molar-refractivity contribution in [1.29, 1.82) is 0 Å². The molecular formula is C14H30N2O3. The molecular weight excluding hydrogens is 244 g/mol. The van der Waals surface area contributed by atoms with Gasteiger partial charge in [0, 0.05) is 39.4 Å². The number of unbranched alkanes of at least 4 members (excludes halogenated alkanes) is 1. The van der Waals surface area contributed by atoms with Crippen molar-refractivity contribution in [1.82, 2.24) is 4.90 Å². The minimum Gasteiger partial charge on any atom is -0.389 e. The lowest BCUT2D eigenvalue weighted by molar-refractivity contribution is -0.0250. The number of likely N-dealkylation sites (tertiary alicyclic amines) is 1. The maximum Gasteiger partial charge on any atom is 0.0900 e. The highest BCUT2D eigenvalue weighted by atomic mass is 16.5. The summed E-state index contributed by atoms with van der Waals surface area (Å²) in [5.74, 6) is 0. The van der Waals surface area contributed by atoms with Crippen molar-refractivity contribution in [2.45, 2.75) is 50.9 Å². The second-order valence-electron chi connectivity index (χ2n) is 5.35. The van der Waals surface area contributed by atoms with Gasteiger partial charge in [-0.2, -0.15) is 0 Å². The van der Waals surface area contributed by atoms with E-state index in [1.807, 2.05) is 0 Å². The van der Waals surface area contributed by atoms with Gasteiger partial charge < -0.3 is 20.3 Å². The number of methoxy groups -OCH3 is 1. The average Bonchev–Trinajstić information content (AvgIpc) is 2.44. The molecule has 0 spiro atoms. The van der Waals surface area contributed by atoms with Crippen molar-refractivity contribution in [3.05, 3.63) is 0 Å². The summed E-state index contributed by atoms with van der Waals surface area (Å²) in [7, 11) is 1.75. The van der Waals surface area contributed by atoms with Gasteiger partial charge in [0.05, 0.1) is 18.8 Å². The average molecular weight is 274 g/mol. The van der Waals surface area contributed by atoms with Gasteiger partial charge >= 0.3 is 0 Å². The zero-order valence-corrected chi connectivity index (χ0v) is 12.4. The molecule has 0 bridgehead atoms. The lowest BCUT2D eigenvalue weighted by Crippen LogP contribution is -2.51. The second kappa shape index (κ2) is 9.66. The van der Waals surface area contributed by atoms with Crippen LogP contribution in [0.3, 0.4) is 0 Å². The first kappa shape index (κ1) is 16.9. The molecule has 1 aliphatic heterocycles. The topological polar surface area (TPSA) is 68.0 Å². The molecule has 0 aromatic heterocycles. The van der Waals surface area contributed by atoms with Crippen LogP contribution in [0.2, 0.25) is 0 Å². The van der Waals surface area contributed by atoms with Gasteiger partial charge in [0.15, 0.2) is 0 Å². The zero-order valence-electron chi connectivity index (χ0n) is 12.4. The highest BCUT2D eigenvalue weighted by molar-refractivity contribution is 4.84. The van der Waals surface area contributed by atoms with Crippen LogP contribution in [0.1, 0.15) is 32.6 Å². The molecule has 0 aliphatic carbocycles. The van der Waals surface area contributed by atoms with E-state index in [-0.39, 0.29) is 0 Å². The number of hydrogen-bond acceptors (Lipinski definition) is 5. The third-order valence-electron chi connectivity index (χ3n) is 3.79. The van der Waals surface area contributed by atoms with Crippen LogP contribution in [0.25, 0.3) is 0 Å². The molecule has 114 valence electrons. The van der Waals surface area contributed by atoms with Gasteiger partial charge in [-0.25, -0.2) is 0 Å². The van der Waals surface area contributed by atoms with E-state index in [0.29, 0.717) is 31.8 Å². The summed E-state index contributed by atoms with van der Waals surface area (Å²) in [5, 5.41) is 10.00. The van der Waals surface area contributed by atoms with Crippen LogP contribution in [0, 0.1) is 0 Å². The molecule has 0 aromatic carbocycles. The summed E-state index contributed by atoms with van der Waals surface area (Å²) in [6.45, 7) is 5.48. The van der Waals surface area contributed by atoms with Crippen LogP contribution in [0.5, 0.6) is 0 Å². The highest BCUT2D eigenvalue weighted by Crippen LogP contribution is 2.19. The maximum atomic E-state index is 10.00. The Kier molecular flexibility index (Phi) is 8.57. The first-order valence-electron chi connectivity index (χ1n) is 7.43. The number of nitrogens with two attached hydrogens (primary N) is 1. The fraction of sp³-hybridized carbons (Fsp3) is 1.00. The molecule has 1 saturated heterocycles. The smallest absolute Gasteiger partial charge is 0.0900 e. The van der Waals surface area contributed by atoms with Gasteiger partial charge in [-0.1, -0.05) is 13.3 Å². The van der Waals surface area contributed by atoms with Crippen LogP contribution in [0.15, 0.2) is 0 Å². The fourth-order valence-electron chi connectivity index (χ4n) is 2.55. The SMILES string of the molecule is CCCCOCC(O)CN1CCC(OC)CC1CN. The number of aliphatic hydroxyl groups excluding tert-OH is 1. The van der Waals surface area contributed by atoms with Crippen LogP contribution in [-0.2, 0) is 9.47 Å². The predicted molar refractivity (Wildman–Crippen MR) is 76.2 cm³/mol. The van der Waals surface area contributed by atoms with Crippen LogP contribution >= 0.6 is 0 Å². The highest BCUT2D eigenvalue weighted by Gasteiger charge is 2.28. The van der Waals surface area contributed by atoms with Gasteiger partial charge in [-0.3, -0.25) is 4.90 Å². The molecule has 0 saturated carbocycles. The molecule has 1 aliphatic rings. The number of β-amino-alcohol motifs (C(OH)–C–C–N with tert-alkyl or cyclic N) is 1. The number of nitrogens with zero attached hydrogens (tertiary/aromatic N) is 1. The lowest BCUT2D eigenvalue weighted by atomic mass is 9.99. The maximum absolute atomic E-state index is 10.00. The first-order chi connectivity index (χ1) is 9.21. The molecule has 1 fully saturated rings. The van der Waals surface area contributed by atoms with E-state index >= 15 is 0 Å². The van der Waals surface area contributed by atoms with E-state index in [0.717, 1.165) is 38.8 Å². The summed E-state index contributed by atoms with van der Waals surface area (Å²) in [4.78, 5) is 2.27. The quantitative estimate of drug-likeness (QED) is 0.603. The predicted octanol–water partition coefficient (Wildman–Crippen LogP) is 0.602. The summed E-state index contributed by atoms with van der Waals surface area (Å²) >= 11 is 0. The number of ether oxygens (including phenoxy) is 2. The Balaban J connectivity index is 2.26. The third kappa shape index (κ3) is 6.19. The van der Waals surface area contributed by atoms with Gasteiger partial charge in [0.25, 0.3) is 0 Å². The van der Waals surface area contributed by atoms with Gasteiger partial charge in [0.1, 0.15) is 0 Å². The Labute approximate surface area is 117 Å². The molecule has 0 radical (unpaired) electrons. The molecule has 19 heavy (non-hydrogen) atoms.